The molecule has 3 aromatic rings. The minimum absolute atomic E-state index is 0.0599. The first-order valence-corrected chi connectivity index (χ1v) is 13.2. The minimum atomic E-state index is -1.90. The molecule has 0 aliphatic heterocycles. The molecule has 0 bridgehead atoms. The lowest BCUT2D eigenvalue weighted by Crippen LogP contribution is -2.52. The van der Waals surface area contributed by atoms with Gasteiger partial charge in [-0.1, -0.05) is 17.7 Å². The van der Waals surface area contributed by atoms with Gasteiger partial charge in [-0.15, -0.1) is 0 Å². The molecule has 0 spiro atoms. The Balaban J connectivity index is 0.000000669. The normalized spacial score (nSPS) is 10.9. The third-order valence-electron chi connectivity index (χ3n) is 5.69. The number of pyridine rings is 1. The molecule has 1 aromatic heterocycles. The first-order chi connectivity index (χ1) is 21.2. The molecule has 1 heterocycles. The number of halogens is 5. The molecular weight excluding hydrogens is 630 g/mol. The van der Waals surface area contributed by atoms with Crippen molar-refractivity contribution in [2.24, 2.45) is 0 Å². The summed E-state index contributed by atoms with van der Waals surface area (Å²) in [4.78, 5) is 60.3. The number of amides is 3. The maximum absolute atomic E-state index is 13.8. The van der Waals surface area contributed by atoms with Crippen LogP contribution in [0.2, 0.25) is 5.02 Å². The van der Waals surface area contributed by atoms with Crippen LogP contribution >= 0.6 is 11.6 Å². The number of carbonyl (C=O) groups is 4. The van der Waals surface area contributed by atoms with Crippen LogP contribution in [0.5, 0.6) is 5.75 Å². The first-order valence-electron chi connectivity index (χ1n) is 12.9. The highest BCUT2D eigenvalue weighted by atomic mass is 35.5. The molecule has 0 aliphatic rings. The molecule has 3 rings (SSSR count). The topological polar surface area (TPSA) is 162 Å². The maximum atomic E-state index is 13.8. The zero-order chi connectivity index (χ0) is 33.8. The van der Waals surface area contributed by atoms with Gasteiger partial charge >= 0.3 is 5.97 Å². The van der Waals surface area contributed by atoms with Gasteiger partial charge in [-0.25, -0.2) is 13.8 Å². The highest BCUT2D eigenvalue weighted by Crippen LogP contribution is 2.26. The second kappa shape index (κ2) is 16.7. The van der Waals surface area contributed by atoms with Gasteiger partial charge in [0.05, 0.1) is 17.3 Å². The van der Waals surface area contributed by atoms with Crippen LogP contribution in [0.1, 0.15) is 25.5 Å². The summed E-state index contributed by atoms with van der Waals surface area (Å²) < 4.78 is 64.5. The number of hydrazine groups is 1. The van der Waals surface area contributed by atoms with Crippen molar-refractivity contribution in [3.05, 3.63) is 86.8 Å². The highest BCUT2D eigenvalue weighted by molar-refractivity contribution is 6.33. The van der Waals surface area contributed by atoms with Crippen LogP contribution in [0, 0.1) is 30.2 Å². The smallest absolute Gasteiger partial charge is 0.327 e. The number of carbonyl (C=O) groups excluding carboxylic acids is 4. The Morgan fingerprint density at radius 2 is 1.76 bits per heavy atom. The van der Waals surface area contributed by atoms with E-state index in [1.54, 1.807) is 6.07 Å². The Bertz CT molecular complexity index is 1600. The summed E-state index contributed by atoms with van der Waals surface area (Å²) in [6.07, 6.45) is 1.47. The van der Waals surface area contributed by atoms with Crippen molar-refractivity contribution in [3.8, 4) is 5.75 Å². The van der Waals surface area contributed by atoms with E-state index in [0.29, 0.717) is 15.7 Å². The monoisotopic (exact) mass is 657 g/mol. The zero-order valence-electron chi connectivity index (χ0n) is 24.0. The van der Waals surface area contributed by atoms with Crippen LogP contribution in [0.15, 0.2) is 47.4 Å². The minimum Gasteiger partial charge on any atom is -0.477 e. The van der Waals surface area contributed by atoms with E-state index in [1.165, 1.54) is 32.2 Å². The number of nitrogens with two attached hydrogens (primary N) is 1. The number of ether oxygens (including phenoxy) is 2. The van der Waals surface area contributed by atoms with Crippen LogP contribution in [0.25, 0.3) is 0 Å². The lowest BCUT2D eigenvalue weighted by atomic mass is 10.2. The summed E-state index contributed by atoms with van der Waals surface area (Å²) in [6, 6.07) is 6.86. The lowest BCUT2D eigenvalue weighted by Gasteiger charge is -2.25. The van der Waals surface area contributed by atoms with Crippen molar-refractivity contribution >= 4 is 47.2 Å². The van der Waals surface area contributed by atoms with Gasteiger partial charge in [-0.2, -0.15) is 8.78 Å². The summed E-state index contributed by atoms with van der Waals surface area (Å²) in [7, 11) is 0. The predicted octanol–water partition coefficient (Wildman–Crippen LogP) is 3.27. The Morgan fingerprint density at radius 1 is 1.11 bits per heavy atom. The molecule has 0 fully saturated rings. The van der Waals surface area contributed by atoms with E-state index in [0.717, 1.165) is 10.1 Å². The molecular formula is C28H28ClF4N5O7. The SMILES string of the molecule is CCOC(=O)CN(NC(=O)C(C)n1cccc(NC=O)c1=O)C(=O)COc1c(F)c(F)cc(F)c1F.Cc1ccc(N)c(Cl)c1. The summed E-state index contributed by atoms with van der Waals surface area (Å²) in [5.74, 6) is -12.2. The number of hydrogen-bond acceptors (Lipinski definition) is 8. The van der Waals surface area contributed by atoms with Gasteiger partial charge in [-0.3, -0.25) is 29.4 Å². The maximum Gasteiger partial charge on any atom is 0.327 e. The molecule has 1 unspecified atom stereocenters. The summed E-state index contributed by atoms with van der Waals surface area (Å²) in [5.41, 5.74) is 8.37. The van der Waals surface area contributed by atoms with E-state index < -0.39 is 71.6 Å². The Hall–Kier alpha value is -5.12. The number of esters is 1. The van der Waals surface area contributed by atoms with Crippen LogP contribution < -0.4 is 26.8 Å². The number of rotatable bonds is 10. The molecule has 4 N–H and O–H groups in total. The Kier molecular flexibility index (Phi) is 13.3. The van der Waals surface area contributed by atoms with Gasteiger partial charge < -0.3 is 25.1 Å². The highest BCUT2D eigenvalue weighted by Gasteiger charge is 2.27. The first kappa shape index (κ1) is 36.1. The van der Waals surface area contributed by atoms with Crippen LogP contribution in [0.4, 0.5) is 28.9 Å². The molecule has 0 saturated heterocycles. The molecule has 3 amide bonds. The third kappa shape index (κ3) is 9.96. The molecule has 45 heavy (non-hydrogen) atoms. The van der Waals surface area contributed by atoms with E-state index in [-0.39, 0.29) is 24.8 Å². The standard InChI is InChI=1S/C21H20F4N4O7.C7H8ClN/c1-3-35-16(32)8-29(15(31)9-36-19-17(24)12(22)7-13(23)18(19)25)27-20(33)11(2)28-6-4-5-14(21(28)34)26-10-30;1-5-2-3-7(9)6(8)4-5/h4-7,10-11H,3,8-9H2,1-2H3,(H,26,30)(H,27,33);2-4H,9H2,1H3. The van der Waals surface area contributed by atoms with Gasteiger partial charge in [-0.05, 0) is 50.6 Å². The van der Waals surface area contributed by atoms with Crippen molar-refractivity contribution in [2.45, 2.75) is 26.8 Å². The Morgan fingerprint density at radius 3 is 2.31 bits per heavy atom. The zero-order valence-corrected chi connectivity index (χ0v) is 24.8. The number of benzene rings is 2. The van der Waals surface area contributed by atoms with Crippen molar-refractivity contribution in [1.82, 2.24) is 15.0 Å². The number of anilines is 2. The van der Waals surface area contributed by atoms with Crippen molar-refractivity contribution in [2.75, 3.05) is 30.8 Å². The van der Waals surface area contributed by atoms with Gasteiger partial charge in [0.15, 0.2) is 24.0 Å². The Labute approximate surface area is 258 Å². The molecule has 2 aromatic carbocycles. The predicted molar refractivity (Wildman–Crippen MR) is 154 cm³/mol. The molecule has 12 nitrogen and oxygen atoms in total. The number of nitrogens with one attached hydrogen (secondary N) is 2. The van der Waals surface area contributed by atoms with E-state index in [2.05, 4.69) is 15.5 Å². The van der Waals surface area contributed by atoms with Gasteiger partial charge in [0.1, 0.15) is 18.3 Å². The number of nitrogen functional groups attached to an aromatic ring is 1. The van der Waals surface area contributed by atoms with E-state index in [1.807, 2.05) is 19.1 Å². The van der Waals surface area contributed by atoms with Gasteiger partial charge in [0.25, 0.3) is 17.4 Å². The quantitative estimate of drug-likeness (QED) is 0.0748. The average Bonchev–Trinajstić information content (AvgIpc) is 2.99. The van der Waals surface area contributed by atoms with Crippen LogP contribution in [-0.2, 0) is 23.9 Å². The second-order valence-corrected chi connectivity index (χ2v) is 9.35. The molecule has 0 saturated carbocycles. The fourth-order valence-electron chi connectivity index (χ4n) is 3.39. The van der Waals surface area contributed by atoms with E-state index in [4.69, 9.17) is 22.1 Å². The average molecular weight is 658 g/mol. The fraction of sp³-hybridized carbons (Fsp3) is 0.250. The lowest BCUT2D eigenvalue weighted by molar-refractivity contribution is -0.154. The van der Waals surface area contributed by atoms with Gasteiger partial charge in [0.2, 0.25) is 18.0 Å². The van der Waals surface area contributed by atoms with Crippen molar-refractivity contribution < 1.29 is 46.2 Å². The second-order valence-electron chi connectivity index (χ2n) is 8.94. The number of aromatic nitrogens is 1. The molecule has 17 heteroatoms. The van der Waals surface area contributed by atoms with Crippen LogP contribution in [0.3, 0.4) is 0 Å². The van der Waals surface area contributed by atoms with E-state index in [9.17, 15) is 41.5 Å². The van der Waals surface area contributed by atoms with E-state index >= 15 is 0 Å². The fourth-order valence-corrected chi connectivity index (χ4v) is 3.62. The molecule has 242 valence electrons. The number of aryl methyl sites for hydroxylation is 1. The van der Waals surface area contributed by atoms with Gasteiger partial charge in [0, 0.05) is 12.3 Å². The number of hydrogen-bond donors (Lipinski definition) is 3. The summed E-state index contributed by atoms with van der Waals surface area (Å²) in [6.45, 7) is 2.45. The van der Waals surface area contributed by atoms with Crippen molar-refractivity contribution in [1.29, 1.82) is 0 Å². The molecule has 0 radical (unpaired) electrons. The molecule has 1 atom stereocenters. The summed E-state index contributed by atoms with van der Waals surface area (Å²) in [5, 5.41) is 3.17. The third-order valence-corrected chi connectivity index (χ3v) is 6.02. The largest absolute Gasteiger partial charge is 0.477 e. The summed E-state index contributed by atoms with van der Waals surface area (Å²) >= 11 is 5.69. The van der Waals surface area contributed by atoms with Crippen molar-refractivity contribution in [3.63, 3.8) is 0 Å². The van der Waals surface area contributed by atoms with Crippen LogP contribution in [-0.4, -0.2) is 53.5 Å². The number of nitrogens with zero attached hydrogens (tertiary/aromatic N) is 2. The molecule has 0 aliphatic carbocycles.